The molecule has 4 rings (SSSR count). The summed E-state index contributed by atoms with van der Waals surface area (Å²) in [6.07, 6.45) is 10.9. The Labute approximate surface area is 141 Å². The molecule has 0 aromatic rings. The number of carbonyl (C=O) groups excluding carboxylic acids is 1. The molecule has 0 spiro atoms. The maximum atomic E-state index is 12.2. The molecule has 4 aliphatic carbocycles. The Morgan fingerprint density at radius 3 is 2.35 bits per heavy atom. The average Bonchev–Trinajstić information content (AvgIpc) is 2.85. The van der Waals surface area contributed by atoms with Gasteiger partial charge in [0.2, 0.25) is 0 Å². The first-order valence-corrected chi connectivity index (χ1v) is 10.0. The van der Waals surface area contributed by atoms with Crippen molar-refractivity contribution < 1.29 is 9.90 Å². The van der Waals surface area contributed by atoms with Gasteiger partial charge in [-0.05, 0) is 99.2 Å². The molecule has 4 saturated carbocycles. The molecule has 6 unspecified atom stereocenters. The number of carbonyl (C=O) groups is 1. The minimum atomic E-state index is -0.0490. The van der Waals surface area contributed by atoms with E-state index in [0.717, 1.165) is 42.9 Å². The molecule has 1 N–H and O–H groups in total. The minimum absolute atomic E-state index is 0.0490. The third-order valence-electron chi connectivity index (χ3n) is 9.13. The van der Waals surface area contributed by atoms with Crippen LogP contribution in [0, 0.1) is 40.4 Å². The van der Waals surface area contributed by atoms with Crippen molar-refractivity contribution in [3.05, 3.63) is 0 Å². The van der Waals surface area contributed by atoms with Crippen molar-refractivity contribution in [2.75, 3.05) is 0 Å². The Balaban J connectivity index is 1.61. The summed E-state index contributed by atoms with van der Waals surface area (Å²) >= 11 is 0. The van der Waals surface area contributed by atoms with Crippen molar-refractivity contribution in [2.24, 2.45) is 40.4 Å². The molecule has 2 nitrogen and oxygen atoms in total. The predicted molar refractivity (Wildman–Crippen MR) is 91.9 cm³/mol. The summed E-state index contributed by atoms with van der Waals surface area (Å²) in [6.45, 7) is 6.80. The van der Waals surface area contributed by atoms with Gasteiger partial charge in [-0.15, -0.1) is 0 Å². The van der Waals surface area contributed by atoms with Crippen molar-refractivity contribution in [1.29, 1.82) is 0 Å². The van der Waals surface area contributed by atoms with Crippen molar-refractivity contribution in [1.82, 2.24) is 0 Å². The van der Waals surface area contributed by atoms with Gasteiger partial charge >= 0.3 is 0 Å². The fourth-order valence-electron chi connectivity index (χ4n) is 7.90. The van der Waals surface area contributed by atoms with E-state index >= 15 is 0 Å². The quantitative estimate of drug-likeness (QED) is 0.767. The summed E-state index contributed by atoms with van der Waals surface area (Å²) < 4.78 is 0. The first-order chi connectivity index (χ1) is 10.9. The molecule has 0 aromatic carbocycles. The number of Topliss-reactive ketones (excluding diaryl/α,β-unsaturated/α-hetero) is 1. The summed E-state index contributed by atoms with van der Waals surface area (Å²) in [7, 11) is 0. The number of rotatable bonds is 1. The van der Waals surface area contributed by atoms with E-state index in [0.29, 0.717) is 17.1 Å². The highest BCUT2D eigenvalue weighted by Crippen LogP contribution is 2.67. The van der Waals surface area contributed by atoms with Gasteiger partial charge in [-0.25, -0.2) is 0 Å². The van der Waals surface area contributed by atoms with Crippen LogP contribution in [0.2, 0.25) is 0 Å². The molecular formula is C21H34O2. The van der Waals surface area contributed by atoms with Crippen LogP contribution in [0.15, 0.2) is 0 Å². The first-order valence-electron chi connectivity index (χ1n) is 10.0. The number of hydrogen-bond acceptors (Lipinski definition) is 2. The highest BCUT2D eigenvalue weighted by atomic mass is 16.3. The minimum Gasteiger partial charge on any atom is -0.393 e. The summed E-state index contributed by atoms with van der Waals surface area (Å²) in [6, 6.07) is 0. The lowest BCUT2D eigenvalue weighted by atomic mass is 9.44. The zero-order chi connectivity index (χ0) is 16.4. The topological polar surface area (TPSA) is 37.3 Å². The van der Waals surface area contributed by atoms with E-state index in [1.54, 1.807) is 0 Å². The average molecular weight is 319 g/mol. The molecule has 0 saturated heterocycles. The van der Waals surface area contributed by atoms with E-state index in [1.807, 2.05) is 6.92 Å². The number of aliphatic hydroxyl groups is 1. The lowest BCUT2D eigenvalue weighted by Gasteiger charge is -2.60. The van der Waals surface area contributed by atoms with Gasteiger partial charge in [0.25, 0.3) is 0 Å². The molecule has 2 heteroatoms. The Bertz CT molecular complexity index is 500. The number of hydrogen-bond donors (Lipinski definition) is 1. The van der Waals surface area contributed by atoms with Crippen molar-refractivity contribution >= 4 is 5.78 Å². The third-order valence-corrected chi connectivity index (χ3v) is 9.13. The van der Waals surface area contributed by atoms with E-state index in [2.05, 4.69) is 13.8 Å². The molecule has 130 valence electrons. The number of ketones is 1. The van der Waals surface area contributed by atoms with Crippen LogP contribution in [0.5, 0.6) is 0 Å². The fraction of sp³-hybridized carbons (Fsp3) is 0.952. The maximum absolute atomic E-state index is 12.2. The van der Waals surface area contributed by atoms with Crippen LogP contribution in [0.4, 0.5) is 0 Å². The third kappa shape index (κ3) is 2.19. The molecular weight excluding hydrogens is 284 g/mol. The van der Waals surface area contributed by atoms with E-state index in [1.165, 1.54) is 38.5 Å². The monoisotopic (exact) mass is 318 g/mol. The fourth-order valence-corrected chi connectivity index (χ4v) is 7.90. The van der Waals surface area contributed by atoms with Crippen LogP contribution in [0.1, 0.15) is 78.6 Å². The van der Waals surface area contributed by atoms with Crippen molar-refractivity contribution in [3.8, 4) is 0 Å². The zero-order valence-corrected chi connectivity index (χ0v) is 15.2. The molecule has 0 heterocycles. The summed E-state index contributed by atoms with van der Waals surface area (Å²) in [4.78, 5) is 12.2. The van der Waals surface area contributed by atoms with Gasteiger partial charge in [0.1, 0.15) is 5.78 Å². The molecule has 0 aliphatic heterocycles. The van der Waals surface area contributed by atoms with E-state index in [-0.39, 0.29) is 11.5 Å². The van der Waals surface area contributed by atoms with E-state index in [9.17, 15) is 9.90 Å². The highest BCUT2D eigenvalue weighted by molar-refractivity contribution is 5.79. The van der Waals surface area contributed by atoms with Crippen LogP contribution in [-0.4, -0.2) is 17.0 Å². The van der Waals surface area contributed by atoms with Gasteiger partial charge in [0, 0.05) is 5.92 Å². The van der Waals surface area contributed by atoms with Gasteiger partial charge < -0.3 is 5.11 Å². The lowest BCUT2D eigenvalue weighted by Crippen LogP contribution is -2.54. The van der Waals surface area contributed by atoms with Crippen LogP contribution in [-0.2, 0) is 4.79 Å². The van der Waals surface area contributed by atoms with Crippen LogP contribution in [0.3, 0.4) is 0 Å². The maximum Gasteiger partial charge on any atom is 0.133 e. The number of fused-ring (bicyclic) bond motifs is 5. The Morgan fingerprint density at radius 1 is 0.913 bits per heavy atom. The van der Waals surface area contributed by atoms with Crippen LogP contribution < -0.4 is 0 Å². The molecule has 23 heavy (non-hydrogen) atoms. The summed E-state index contributed by atoms with van der Waals surface area (Å²) in [5, 5.41) is 10.1. The Morgan fingerprint density at radius 2 is 1.61 bits per heavy atom. The van der Waals surface area contributed by atoms with E-state index < -0.39 is 0 Å². The molecule has 8 atom stereocenters. The first kappa shape index (κ1) is 16.1. The standard InChI is InChI=1S/C21H34O2/c1-13(22)17-6-7-18-16-5-4-14-12-15(23)8-10-20(14,2)19(16)9-11-21(17,18)3/h14-19,23H,4-12H2,1-3H3/t14?,15-,16?,17-,18?,19?,20?,21?/m1/s1. The Kier molecular flexibility index (Phi) is 3.72. The predicted octanol–water partition coefficient (Wildman–Crippen LogP) is 4.60. The zero-order valence-electron chi connectivity index (χ0n) is 15.2. The smallest absolute Gasteiger partial charge is 0.133 e. The largest absolute Gasteiger partial charge is 0.393 e. The van der Waals surface area contributed by atoms with E-state index in [4.69, 9.17) is 0 Å². The van der Waals surface area contributed by atoms with Gasteiger partial charge in [0.15, 0.2) is 0 Å². The SMILES string of the molecule is CC(=O)[C@H]1CCC2C3CCC4C[C@H](O)CCC4(C)C3CCC21C. The van der Waals surface area contributed by atoms with Gasteiger partial charge in [-0.1, -0.05) is 13.8 Å². The molecule has 0 aromatic heterocycles. The molecule has 4 fully saturated rings. The highest BCUT2D eigenvalue weighted by Gasteiger charge is 2.60. The number of aliphatic hydroxyl groups excluding tert-OH is 1. The second-order valence-electron chi connectivity index (χ2n) is 9.87. The second kappa shape index (κ2) is 5.31. The normalized spacial score (nSPS) is 55.7. The van der Waals surface area contributed by atoms with Crippen molar-refractivity contribution in [2.45, 2.75) is 84.7 Å². The molecule has 4 aliphatic rings. The van der Waals surface area contributed by atoms with Gasteiger partial charge in [-0.3, -0.25) is 4.79 Å². The van der Waals surface area contributed by atoms with Crippen molar-refractivity contribution in [3.63, 3.8) is 0 Å². The summed E-state index contributed by atoms with van der Waals surface area (Å²) in [5.41, 5.74) is 0.738. The molecule has 0 radical (unpaired) electrons. The molecule has 0 bridgehead atoms. The van der Waals surface area contributed by atoms with Gasteiger partial charge in [-0.2, -0.15) is 0 Å². The summed E-state index contributed by atoms with van der Waals surface area (Å²) in [5.74, 6) is 3.97. The van der Waals surface area contributed by atoms with Gasteiger partial charge in [0.05, 0.1) is 6.10 Å². The van der Waals surface area contributed by atoms with Crippen LogP contribution in [0.25, 0.3) is 0 Å². The Hall–Kier alpha value is -0.370. The molecule has 0 amide bonds. The lowest BCUT2D eigenvalue weighted by molar-refractivity contribution is -0.138. The van der Waals surface area contributed by atoms with Crippen LogP contribution >= 0.6 is 0 Å². The second-order valence-corrected chi connectivity index (χ2v) is 9.87.